The number of methoxy groups -OCH3 is 1. The van der Waals surface area contributed by atoms with Crippen molar-refractivity contribution in [2.24, 2.45) is 0 Å². The second-order valence-electron chi connectivity index (χ2n) is 4.31. The minimum atomic E-state index is -0.186. The minimum absolute atomic E-state index is 0.0596. The van der Waals surface area contributed by atoms with E-state index in [-0.39, 0.29) is 18.4 Å². The fourth-order valence-electron chi connectivity index (χ4n) is 2.00. The van der Waals surface area contributed by atoms with Crippen molar-refractivity contribution < 1.29 is 14.3 Å². The molecule has 0 spiro atoms. The topological polar surface area (TPSA) is 105 Å². The number of hydrogen-bond donors (Lipinski definition) is 2. The molecule has 1 aromatic rings. The Morgan fingerprint density at radius 3 is 2.53 bits per heavy atom. The number of hydrogen-bond acceptors (Lipinski definition) is 5. The van der Waals surface area contributed by atoms with Gasteiger partial charge in [-0.1, -0.05) is 0 Å². The standard InChI is InChI=1S/C11H17N5O3/c1-19-7-9(17)15-2-4-16(5-3-15)11(18)10-8(12)6-13-14-10/h6H,2-5,7,12H2,1H3,(H,13,14). The second kappa shape index (κ2) is 5.70. The van der Waals surface area contributed by atoms with E-state index >= 15 is 0 Å². The molecule has 0 saturated carbocycles. The summed E-state index contributed by atoms with van der Waals surface area (Å²) in [6, 6.07) is 0. The third-order valence-electron chi connectivity index (χ3n) is 3.07. The van der Waals surface area contributed by atoms with Crippen LogP contribution in [-0.4, -0.2) is 71.7 Å². The normalized spacial score (nSPS) is 15.6. The number of nitrogen functional groups attached to an aromatic ring is 1. The van der Waals surface area contributed by atoms with Gasteiger partial charge in [-0.25, -0.2) is 0 Å². The molecule has 1 aromatic heterocycles. The molecule has 1 fully saturated rings. The molecule has 2 heterocycles. The van der Waals surface area contributed by atoms with E-state index in [0.717, 1.165) is 0 Å². The lowest BCUT2D eigenvalue weighted by atomic mass is 10.2. The highest BCUT2D eigenvalue weighted by Gasteiger charge is 2.26. The van der Waals surface area contributed by atoms with Crippen molar-refractivity contribution >= 4 is 17.5 Å². The number of nitrogens with two attached hydrogens (primary N) is 1. The Kier molecular flexibility index (Phi) is 4.00. The molecule has 2 amide bonds. The van der Waals surface area contributed by atoms with Crippen LogP contribution in [0.25, 0.3) is 0 Å². The Balaban J connectivity index is 1.92. The van der Waals surface area contributed by atoms with Gasteiger partial charge in [-0.15, -0.1) is 0 Å². The fourth-order valence-corrected chi connectivity index (χ4v) is 2.00. The molecule has 104 valence electrons. The molecule has 3 N–H and O–H groups in total. The van der Waals surface area contributed by atoms with Crippen LogP contribution in [0.2, 0.25) is 0 Å². The predicted molar refractivity (Wildman–Crippen MR) is 67.4 cm³/mol. The molecule has 1 aliphatic heterocycles. The van der Waals surface area contributed by atoms with Crippen molar-refractivity contribution in [1.29, 1.82) is 0 Å². The van der Waals surface area contributed by atoms with E-state index in [1.807, 2.05) is 0 Å². The number of aromatic nitrogens is 2. The van der Waals surface area contributed by atoms with Gasteiger partial charge in [0.05, 0.1) is 11.9 Å². The minimum Gasteiger partial charge on any atom is -0.396 e. The summed E-state index contributed by atoms with van der Waals surface area (Å²) in [6.45, 7) is 2.03. The Bertz CT molecular complexity index is 465. The van der Waals surface area contributed by atoms with E-state index in [0.29, 0.717) is 37.6 Å². The van der Waals surface area contributed by atoms with Gasteiger partial charge in [-0.2, -0.15) is 5.10 Å². The predicted octanol–water partition coefficient (Wildman–Crippen LogP) is -1.08. The Morgan fingerprint density at radius 2 is 2.00 bits per heavy atom. The lowest BCUT2D eigenvalue weighted by Gasteiger charge is -2.34. The Hall–Kier alpha value is -2.09. The molecular weight excluding hydrogens is 250 g/mol. The van der Waals surface area contributed by atoms with Crippen molar-refractivity contribution in [1.82, 2.24) is 20.0 Å². The average molecular weight is 267 g/mol. The smallest absolute Gasteiger partial charge is 0.274 e. The van der Waals surface area contributed by atoms with Gasteiger partial charge in [0.1, 0.15) is 12.3 Å². The number of amides is 2. The summed E-state index contributed by atoms with van der Waals surface area (Å²) in [7, 11) is 1.48. The molecule has 1 aliphatic rings. The maximum atomic E-state index is 12.1. The lowest BCUT2D eigenvalue weighted by Crippen LogP contribution is -2.51. The molecule has 2 rings (SSSR count). The Labute approximate surface area is 110 Å². The fraction of sp³-hybridized carbons (Fsp3) is 0.545. The SMILES string of the molecule is COCC(=O)N1CCN(C(=O)c2[nH]ncc2N)CC1. The van der Waals surface area contributed by atoms with Crippen LogP contribution in [0.3, 0.4) is 0 Å². The van der Waals surface area contributed by atoms with Crippen LogP contribution < -0.4 is 5.73 Å². The van der Waals surface area contributed by atoms with Crippen LogP contribution in [0.5, 0.6) is 0 Å². The van der Waals surface area contributed by atoms with Gasteiger partial charge in [0.15, 0.2) is 0 Å². The first-order chi connectivity index (χ1) is 9.13. The lowest BCUT2D eigenvalue weighted by molar-refractivity contribution is -0.136. The third kappa shape index (κ3) is 2.84. The van der Waals surface area contributed by atoms with Crippen LogP contribution in [-0.2, 0) is 9.53 Å². The van der Waals surface area contributed by atoms with Crippen molar-refractivity contribution in [2.45, 2.75) is 0 Å². The largest absolute Gasteiger partial charge is 0.396 e. The number of nitrogens with one attached hydrogen (secondary N) is 1. The number of carbonyl (C=O) groups is 2. The highest BCUT2D eigenvalue weighted by molar-refractivity contribution is 5.97. The molecule has 8 heteroatoms. The zero-order valence-corrected chi connectivity index (χ0v) is 10.8. The molecule has 0 unspecified atom stereocenters. The number of carbonyl (C=O) groups excluding carboxylic acids is 2. The summed E-state index contributed by atoms with van der Waals surface area (Å²) in [5.41, 5.74) is 6.28. The first kappa shape index (κ1) is 13.3. The molecule has 0 atom stereocenters. The van der Waals surface area contributed by atoms with E-state index in [1.54, 1.807) is 9.80 Å². The highest BCUT2D eigenvalue weighted by atomic mass is 16.5. The van der Waals surface area contributed by atoms with Crippen molar-refractivity contribution in [2.75, 3.05) is 45.6 Å². The highest BCUT2D eigenvalue weighted by Crippen LogP contribution is 2.12. The number of anilines is 1. The molecule has 19 heavy (non-hydrogen) atoms. The van der Waals surface area contributed by atoms with Gasteiger partial charge in [-0.3, -0.25) is 14.7 Å². The van der Waals surface area contributed by atoms with Crippen LogP contribution >= 0.6 is 0 Å². The molecule has 0 aromatic carbocycles. The number of piperazine rings is 1. The van der Waals surface area contributed by atoms with Gasteiger partial charge in [0.25, 0.3) is 5.91 Å². The van der Waals surface area contributed by atoms with Crippen LogP contribution in [0.1, 0.15) is 10.5 Å². The summed E-state index contributed by atoms with van der Waals surface area (Å²) < 4.78 is 4.80. The molecule has 0 radical (unpaired) electrons. The third-order valence-corrected chi connectivity index (χ3v) is 3.07. The molecule has 0 aliphatic carbocycles. The summed E-state index contributed by atoms with van der Waals surface area (Å²) in [5.74, 6) is -0.246. The van der Waals surface area contributed by atoms with Gasteiger partial charge < -0.3 is 20.3 Å². The van der Waals surface area contributed by atoms with Gasteiger partial charge in [-0.05, 0) is 0 Å². The average Bonchev–Trinajstić information content (AvgIpc) is 2.84. The van der Waals surface area contributed by atoms with E-state index < -0.39 is 0 Å². The monoisotopic (exact) mass is 267 g/mol. The summed E-state index contributed by atoms with van der Waals surface area (Å²) in [6.07, 6.45) is 1.41. The quantitative estimate of drug-likeness (QED) is 0.725. The first-order valence-electron chi connectivity index (χ1n) is 5.98. The van der Waals surface area contributed by atoms with E-state index in [4.69, 9.17) is 10.5 Å². The van der Waals surface area contributed by atoms with E-state index in [9.17, 15) is 9.59 Å². The van der Waals surface area contributed by atoms with E-state index in [2.05, 4.69) is 10.2 Å². The molecule has 1 saturated heterocycles. The number of nitrogens with zero attached hydrogens (tertiary/aromatic N) is 3. The zero-order valence-electron chi connectivity index (χ0n) is 10.8. The Morgan fingerprint density at radius 1 is 1.37 bits per heavy atom. The van der Waals surface area contributed by atoms with Gasteiger partial charge >= 0.3 is 0 Å². The summed E-state index contributed by atoms with van der Waals surface area (Å²) in [5, 5.41) is 6.32. The van der Waals surface area contributed by atoms with Gasteiger partial charge in [0.2, 0.25) is 5.91 Å². The number of aromatic amines is 1. The zero-order chi connectivity index (χ0) is 13.8. The van der Waals surface area contributed by atoms with Crippen molar-refractivity contribution in [3.05, 3.63) is 11.9 Å². The second-order valence-corrected chi connectivity index (χ2v) is 4.31. The number of rotatable bonds is 3. The maximum Gasteiger partial charge on any atom is 0.274 e. The molecule has 8 nitrogen and oxygen atoms in total. The molecule has 0 bridgehead atoms. The number of H-pyrrole nitrogens is 1. The van der Waals surface area contributed by atoms with Crippen molar-refractivity contribution in [3.63, 3.8) is 0 Å². The summed E-state index contributed by atoms with van der Waals surface area (Å²) >= 11 is 0. The van der Waals surface area contributed by atoms with Crippen LogP contribution in [0, 0.1) is 0 Å². The van der Waals surface area contributed by atoms with Crippen molar-refractivity contribution in [3.8, 4) is 0 Å². The number of ether oxygens (including phenoxy) is 1. The van der Waals surface area contributed by atoms with E-state index in [1.165, 1.54) is 13.3 Å². The maximum absolute atomic E-state index is 12.1. The van der Waals surface area contributed by atoms with Crippen LogP contribution in [0.4, 0.5) is 5.69 Å². The molecular formula is C11H17N5O3. The summed E-state index contributed by atoms with van der Waals surface area (Å²) in [4.78, 5) is 27.1. The first-order valence-corrected chi connectivity index (χ1v) is 5.98. The van der Waals surface area contributed by atoms with Crippen LogP contribution in [0.15, 0.2) is 6.20 Å². The van der Waals surface area contributed by atoms with Gasteiger partial charge in [0, 0.05) is 33.3 Å².